The van der Waals surface area contributed by atoms with Gasteiger partial charge in [0.2, 0.25) is 0 Å². The second-order valence-corrected chi connectivity index (χ2v) is 4.93. The largest absolute Gasteiger partial charge is 0.107 e. The molecule has 0 aromatic heterocycles. The molecule has 0 nitrogen and oxygen atoms in total. The minimum atomic E-state index is 0.748. The van der Waals surface area contributed by atoms with Crippen molar-refractivity contribution in [2.45, 2.75) is 106 Å². The van der Waals surface area contributed by atoms with Gasteiger partial charge in [-0.15, -0.1) is 35.5 Å². The average Bonchev–Trinajstić information content (AvgIpc) is 2.61. The third-order valence-electron chi connectivity index (χ3n) is 2.57. The third kappa shape index (κ3) is 42.7. The van der Waals surface area contributed by atoms with Crippen molar-refractivity contribution in [3.05, 3.63) is 0 Å². The van der Waals surface area contributed by atoms with Crippen LogP contribution in [0.2, 0.25) is 0 Å². The highest BCUT2D eigenvalue weighted by Gasteiger charge is 1.74. The quantitative estimate of drug-likeness (QED) is 0.385. The van der Waals surface area contributed by atoms with Crippen LogP contribution in [0.25, 0.3) is 0 Å². The molecule has 0 spiro atoms. The Morgan fingerprint density at radius 1 is 0.500 bits per heavy atom. The smallest absolute Gasteiger partial charge is 0.0702 e. The predicted octanol–water partition coefficient (Wildman–Crippen LogP) is 6.99. The van der Waals surface area contributed by atoms with Gasteiger partial charge in [0.25, 0.3) is 0 Å². The highest BCUT2D eigenvalue weighted by atomic mass is 13.8. The Morgan fingerprint density at radius 2 is 0.917 bits per heavy atom. The Bertz CT molecular complexity index is 443. The monoisotopic (exact) mass is 326 g/mol. The van der Waals surface area contributed by atoms with Gasteiger partial charge < -0.3 is 0 Å². The Labute approximate surface area is 153 Å². The van der Waals surface area contributed by atoms with Gasteiger partial charge in [0.15, 0.2) is 0 Å². The molecule has 0 saturated heterocycles. The lowest BCUT2D eigenvalue weighted by Gasteiger charge is -1.82. The first-order valence-corrected chi connectivity index (χ1v) is 9.51. The molecule has 24 heavy (non-hydrogen) atoms. The van der Waals surface area contributed by atoms with Crippen molar-refractivity contribution in [2.24, 2.45) is 0 Å². The van der Waals surface area contributed by atoms with Gasteiger partial charge in [-0.2, -0.15) is 0 Å². The number of unbranched alkanes of at least 4 members (excludes halogenated alkanes) is 4. The van der Waals surface area contributed by atoms with Gasteiger partial charge >= 0.3 is 0 Å². The second-order valence-electron chi connectivity index (χ2n) is 4.93. The standard InChI is InChI=1S/C11H16.C7H12.C6H10/c1-3-5-7-9-11-10-8-6-4-2;1-3-5-7-6-4-2;1-3-5-6-4-2/h3-5,7,10H2,1-2H3;3,5,7H2,1-2H3;3-4H2,1-2H3. The molecule has 0 aliphatic carbocycles. The van der Waals surface area contributed by atoms with E-state index in [1.54, 1.807) is 0 Å². The summed E-state index contributed by atoms with van der Waals surface area (Å²) in [5, 5.41) is 0. The summed E-state index contributed by atoms with van der Waals surface area (Å²) in [6, 6.07) is 0. The van der Waals surface area contributed by atoms with E-state index in [9.17, 15) is 0 Å². The van der Waals surface area contributed by atoms with E-state index in [1.807, 2.05) is 6.92 Å². The van der Waals surface area contributed by atoms with Crippen LogP contribution in [0.5, 0.6) is 0 Å². The fraction of sp³-hybridized carbons (Fsp3) is 0.667. The maximum Gasteiger partial charge on any atom is 0.0702 e. The van der Waals surface area contributed by atoms with Crippen LogP contribution >= 0.6 is 0 Å². The summed E-state index contributed by atoms with van der Waals surface area (Å²) in [5.41, 5.74) is 0. The van der Waals surface area contributed by atoms with Crippen LogP contribution in [0, 0.1) is 47.4 Å². The number of hydrogen-bond acceptors (Lipinski definition) is 0. The summed E-state index contributed by atoms with van der Waals surface area (Å²) in [5.74, 6) is 23.8. The lowest BCUT2D eigenvalue weighted by atomic mass is 10.2. The minimum Gasteiger partial charge on any atom is -0.107 e. The number of hydrogen-bond donors (Lipinski definition) is 0. The van der Waals surface area contributed by atoms with Gasteiger partial charge in [0.1, 0.15) is 0 Å². The van der Waals surface area contributed by atoms with E-state index >= 15 is 0 Å². The first-order chi connectivity index (χ1) is 11.7. The summed E-state index contributed by atoms with van der Waals surface area (Å²) in [4.78, 5) is 0. The summed E-state index contributed by atoms with van der Waals surface area (Å²) >= 11 is 0. The molecule has 0 amide bonds. The van der Waals surface area contributed by atoms with Crippen molar-refractivity contribution < 1.29 is 0 Å². The Balaban J connectivity index is -0.000000294. The third-order valence-corrected chi connectivity index (χ3v) is 2.57. The first kappa shape index (κ1) is 27.1. The highest BCUT2D eigenvalue weighted by molar-refractivity contribution is 5.11. The second kappa shape index (κ2) is 33.0. The summed E-state index contributed by atoms with van der Waals surface area (Å²) in [7, 11) is 0. The summed E-state index contributed by atoms with van der Waals surface area (Å²) in [6.45, 7) is 12.4. The van der Waals surface area contributed by atoms with Gasteiger partial charge in [0, 0.05) is 32.1 Å². The van der Waals surface area contributed by atoms with Crippen LogP contribution in [0.3, 0.4) is 0 Å². The van der Waals surface area contributed by atoms with Crippen LogP contribution in [-0.2, 0) is 0 Å². The molecular formula is C24H38. The maximum absolute atomic E-state index is 3.09. The zero-order valence-corrected chi connectivity index (χ0v) is 17.1. The molecule has 134 valence electrons. The average molecular weight is 327 g/mol. The van der Waals surface area contributed by atoms with Crippen LogP contribution in [0.1, 0.15) is 106 Å². The topological polar surface area (TPSA) is 0 Å². The molecule has 0 atom stereocenters. The van der Waals surface area contributed by atoms with E-state index < -0.39 is 0 Å². The molecule has 0 bridgehead atoms. The van der Waals surface area contributed by atoms with Crippen molar-refractivity contribution in [3.63, 3.8) is 0 Å². The SMILES string of the molecule is CC#CCCCC.CCC#CCC.CCC#CCC#CCCCC. The molecule has 0 N–H and O–H groups in total. The van der Waals surface area contributed by atoms with E-state index in [0.29, 0.717) is 0 Å². The van der Waals surface area contributed by atoms with Crippen LogP contribution < -0.4 is 0 Å². The van der Waals surface area contributed by atoms with Gasteiger partial charge in [-0.3, -0.25) is 0 Å². The zero-order valence-electron chi connectivity index (χ0n) is 17.1. The Morgan fingerprint density at radius 3 is 1.33 bits per heavy atom. The Kier molecular flexibility index (Phi) is 37.3. The minimum absolute atomic E-state index is 0.748. The fourth-order valence-electron chi connectivity index (χ4n) is 1.29. The molecule has 0 saturated carbocycles. The predicted molar refractivity (Wildman–Crippen MR) is 111 cm³/mol. The van der Waals surface area contributed by atoms with E-state index in [0.717, 1.165) is 38.5 Å². The fourth-order valence-corrected chi connectivity index (χ4v) is 1.29. The van der Waals surface area contributed by atoms with Crippen molar-refractivity contribution >= 4 is 0 Å². The Hall–Kier alpha value is -1.76. The molecule has 0 rings (SSSR count). The lowest BCUT2D eigenvalue weighted by molar-refractivity contribution is 0.828. The van der Waals surface area contributed by atoms with Gasteiger partial charge in [-0.25, -0.2) is 0 Å². The van der Waals surface area contributed by atoms with Crippen LogP contribution in [0.4, 0.5) is 0 Å². The van der Waals surface area contributed by atoms with Crippen molar-refractivity contribution in [2.75, 3.05) is 0 Å². The highest BCUT2D eigenvalue weighted by Crippen LogP contribution is 1.90. The van der Waals surface area contributed by atoms with Crippen molar-refractivity contribution in [1.29, 1.82) is 0 Å². The molecule has 0 heterocycles. The van der Waals surface area contributed by atoms with E-state index in [2.05, 4.69) is 82.0 Å². The van der Waals surface area contributed by atoms with Gasteiger partial charge in [-0.05, 0) is 19.8 Å². The summed E-state index contributed by atoms with van der Waals surface area (Å²) < 4.78 is 0. The lowest BCUT2D eigenvalue weighted by Crippen LogP contribution is -1.67. The molecule has 0 heteroatoms. The zero-order chi connectivity index (χ0) is 18.7. The molecule has 0 aromatic rings. The number of rotatable bonds is 4. The molecule has 0 radical (unpaired) electrons. The maximum atomic E-state index is 3.09. The molecule has 0 aliphatic rings. The van der Waals surface area contributed by atoms with Crippen LogP contribution in [0.15, 0.2) is 0 Å². The first-order valence-electron chi connectivity index (χ1n) is 9.51. The van der Waals surface area contributed by atoms with E-state index in [1.165, 1.54) is 25.7 Å². The summed E-state index contributed by atoms with van der Waals surface area (Å²) in [6.07, 6.45) is 10.7. The van der Waals surface area contributed by atoms with Crippen molar-refractivity contribution in [3.8, 4) is 47.4 Å². The van der Waals surface area contributed by atoms with E-state index in [-0.39, 0.29) is 0 Å². The van der Waals surface area contributed by atoms with E-state index in [4.69, 9.17) is 0 Å². The molecular weight excluding hydrogens is 288 g/mol. The normalized spacial score (nSPS) is 7.08. The molecule has 0 unspecified atom stereocenters. The molecule has 0 aliphatic heterocycles. The molecule has 0 aromatic carbocycles. The van der Waals surface area contributed by atoms with Crippen LogP contribution in [-0.4, -0.2) is 0 Å². The molecule has 0 fully saturated rings. The van der Waals surface area contributed by atoms with Crippen molar-refractivity contribution in [1.82, 2.24) is 0 Å². The van der Waals surface area contributed by atoms with Gasteiger partial charge in [0.05, 0.1) is 6.42 Å². The van der Waals surface area contributed by atoms with Gasteiger partial charge in [-0.1, -0.05) is 59.3 Å².